The number of oxazole rings is 1. The minimum Gasteiger partial charge on any atom is -0.443 e. The van der Waals surface area contributed by atoms with Crippen molar-refractivity contribution in [1.29, 1.82) is 0 Å². The monoisotopic (exact) mass is 303 g/mol. The van der Waals surface area contributed by atoms with Gasteiger partial charge >= 0.3 is 0 Å². The molecule has 0 aromatic carbocycles. The lowest BCUT2D eigenvalue weighted by Crippen LogP contribution is -2.10. The first-order valence-electron chi connectivity index (χ1n) is 6.90. The van der Waals surface area contributed by atoms with Crippen LogP contribution in [0.25, 0.3) is 10.8 Å². The zero-order chi connectivity index (χ0) is 14.7. The molecular weight excluding hydrogens is 286 g/mol. The summed E-state index contributed by atoms with van der Waals surface area (Å²) in [5.74, 6) is 0.642. The summed E-state index contributed by atoms with van der Waals surface area (Å²) in [6, 6.07) is 3.91. The Hall–Kier alpha value is -1.99. The number of nitrogens with zero attached hydrogens (tertiary/aromatic N) is 4. The first-order valence-corrected chi connectivity index (χ1v) is 7.78. The van der Waals surface area contributed by atoms with Gasteiger partial charge in [0.1, 0.15) is 12.0 Å². The fourth-order valence-corrected chi connectivity index (χ4v) is 2.73. The van der Waals surface area contributed by atoms with Crippen LogP contribution in [0.3, 0.4) is 0 Å². The van der Waals surface area contributed by atoms with E-state index in [9.17, 15) is 0 Å². The van der Waals surface area contributed by atoms with Gasteiger partial charge in [0.2, 0.25) is 5.89 Å². The Kier molecular flexibility index (Phi) is 4.12. The fourth-order valence-electron chi connectivity index (χ4n) is 2.08. The maximum absolute atomic E-state index is 6.03. The fraction of sp³-hybridized carbons (Fsp3) is 0.357. The van der Waals surface area contributed by atoms with Gasteiger partial charge in [0.15, 0.2) is 0 Å². The molecule has 1 unspecified atom stereocenters. The maximum atomic E-state index is 6.03. The molecule has 7 heteroatoms. The Bertz CT molecular complexity index is 688. The standard InChI is InChI=1S/C14H17N5OS/c1-2-4-11(15)12-8-19(18-17-12)7-10-9-20-14(16-10)13-5-3-6-21-13/h3,5-6,8-9,11H,2,4,7,15H2,1H3. The van der Waals surface area contributed by atoms with Gasteiger partial charge in [0.25, 0.3) is 0 Å². The normalized spacial score (nSPS) is 12.7. The molecule has 0 aliphatic carbocycles. The van der Waals surface area contributed by atoms with E-state index in [0.29, 0.717) is 12.4 Å². The minimum atomic E-state index is -0.0530. The van der Waals surface area contributed by atoms with Crippen LogP contribution in [0.5, 0.6) is 0 Å². The Morgan fingerprint density at radius 2 is 2.38 bits per heavy atom. The van der Waals surface area contributed by atoms with Crippen molar-refractivity contribution in [1.82, 2.24) is 20.0 Å². The summed E-state index contributed by atoms with van der Waals surface area (Å²) in [6.45, 7) is 2.63. The van der Waals surface area contributed by atoms with Gasteiger partial charge < -0.3 is 10.2 Å². The van der Waals surface area contributed by atoms with Crippen molar-refractivity contribution >= 4 is 11.3 Å². The molecule has 6 nitrogen and oxygen atoms in total. The van der Waals surface area contributed by atoms with Gasteiger partial charge in [-0.05, 0) is 17.9 Å². The summed E-state index contributed by atoms with van der Waals surface area (Å²) < 4.78 is 7.22. The molecular formula is C14H17N5OS. The highest BCUT2D eigenvalue weighted by molar-refractivity contribution is 7.13. The molecule has 0 saturated carbocycles. The third-order valence-electron chi connectivity index (χ3n) is 3.14. The van der Waals surface area contributed by atoms with Crippen molar-refractivity contribution in [3.8, 4) is 10.8 Å². The van der Waals surface area contributed by atoms with Crippen LogP contribution in [0.1, 0.15) is 37.2 Å². The first-order chi connectivity index (χ1) is 10.3. The van der Waals surface area contributed by atoms with E-state index in [1.165, 1.54) is 0 Å². The number of nitrogens with two attached hydrogens (primary N) is 1. The van der Waals surface area contributed by atoms with Gasteiger partial charge in [-0.25, -0.2) is 9.67 Å². The zero-order valence-corrected chi connectivity index (χ0v) is 12.6. The second-order valence-corrected chi connectivity index (χ2v) is 5.81. The average molecular weight is 303 g/mol. The molecule has 0 radical (unpaired) electrons. The highest BCUT2D eigenvalue weighted by atomic mass is 32.1. The van der Waals surface area contributed by atoms with Crippen molar-refractivity contribution in [2.75, 3.05) is 0 Å². The van der Waals surface area contributed by atoms with Crippen LogP contribution in [-0.2, 0) is 6.54 Å². The molecule has 3 aromatic rings. The molecule has 0 aliphatic rings. The summed E-state index contributed by atoms with van der Waals surface area (Å²) in [5.41, 5.74) is 7.67. The lowest BCUT2D eigenvalue weighted by atomic mass is 10.1. The van der Waals surface area contributed by atoms with Gasteiger partial charge in [0.05, 0.1) is 29.4 Å². The van der Waals surface area contributed by atoms with E-state index < -0.39 is 0 Å². The van der Waals surface area contributed by atoms with E-state index in [4.69, 9.17) is 10.2 Å². The number of hydrogen-bond acceptors (Lipinski definition) is 6. The van der Waals surface area contributed by atoms with E-state index in [0.717, 1.165) is 29.1 Å². The number of thiophene rings is 1. The zero-order valence-electron chi connectivity index (χ0n) is 11.8. The van der Waals surface area contributed by atoms with Crippen molar-refractivity contribution in [2.45, 2.75) is 32.4 Å². The number of aromatic nitrogens is 4. The molecule has 3 aromatic heterocycles. The Morgan fingerprint density at radius 3 is 3.14 bits per heavy atom. The molecule has 0 fully saturated rings. The van der Waals surface area contributed by atoms with E-state index >= 15 is 0 Å². The summed E-state index contributed by atoms with van der Waals surface area (Å²) in [6.07, 6.45) is 5.47. The molecule has 0 aliphatic heterocycles. The SMILES string of the molecule is CCCC(N)c1cn(Cc2coc(-c3cccs3)n2)nn1. The number of hydrogen-bond donors (Lipinski definition) is 1. The van der Waals surface area contributed by atoms with Crippen molar-refractivity contribution in [3.63, 3.8) is 0 Å². The van der Waals surface area contributed by atoms with Crippen molar-refractivity contribution in [3.05, 3.63) is 41.4 Å². The second kappa shape index (κ2) is 6.19. The molecule has 3 rings (SSSR count). The van der Waals surface area contributed by atoms with Crippen LogP contribution in [0.4, 0.5) is 0 Å². The van der Waals surface area contributed by atoms with Crippen LogP contribution in [0, 0.1) is 0 Å². The lowest BCUT2D eigenvalue weighted by Gasteiger charge is -2.04. The van der Waals surface area contributed by atoms with Gasteiger partial charge in [-0.15, -0.1) is 16.4 Å². The lowest BCUT2D eigenvalue weighted by molar-refractivity contribution is 0.569. The topological polar surface area (TPSA) is 82.8 Å². The van der Waals surface area contributed by atoms with Crippen LogP contribution in [0.15, 0.2) is 34.4 Å². The van der Waals surface area contributed by atoms with Crippen LogP contribution >= 0.6 is 11.3 Å². The molecule has 110 valence electrons. The highest BCUT2D eigenvalue weighted by Crippen LogP contribution is 2.23. The van der Waals surface area contributed by atoms with Gasteiger partial charge in [-0.2, -0.15) is 0 Å². The Balaban J connectivity index is 1.70. The van der Waals surface area contributed by atoms with E-state index in [-0.39, 0.29) is 6.04 Å². The predicted octanol–water partition coefficient (Wildman–Crippen LogP) is 2.84. The van der Waals surface area contributed by atoms with Gasteiger partial charge in [-0.1, -0.05) is 24.6 Å². The third kappa shape index (κ3) is 3.20. The highest BCUT2D eigenvalue weighted by Gasteiger charge is 2.12. The van der Waals surface area contributed by atoms with Crippen LogP contribution < -0.4 is 5.73 Å². The summed E-state index contributed by atoms with van der Waals surface area (Å²) >= 11 is 1.60. The van der Waals surface area contributed by atoms with Crippen molar-refractivity contribution in [2.24, 2.45) is 5.73 Å². The second-order valence-electron chi connectivity index (χ2n) is 4.86. The third-order valence-corrected chi connectivity index (χ3v) is 4.00. The summed E-state index contributed by atoms with van der Waals surface area (Å²) in [4.78, 5) is 5.48. The van der Waals surface area contributed by atoms with Gasteiger partial charge in [0, 0.05) is 0 Å². The van der Waals surface area contributed by atoms with E-state index in [2.05, 4.69) is 22.2 Å². The largest absolute Gasteiger partial charge is 0.443 e. The van der Waals surface area contributed by atoms with Crippen molar-refractivity contribution < 1.29 is 4.42 Å². The summed E-state index contributed by atoms with van der Waals surface area (Å²) in [5, 5.41) is 10.2. The maximum Gasteiger partial charge on any atom is 0.236 e. The first kappa shape index (κ1) is 14.0. The Labute approximate surface area is 126 Å². The van der Waals surface area contributed by atoms with Crippen LogP contribution in [-0.4, -0.2) is 20.0 Å². The molecule has 0 saturated heterocycles. The molecule has 21 heavy (non-hydrogen) atoms. The van der Waals surface area contributed by atoms with Crippen LogP contribution in [0.2, 0.25) is 0 Å². The van der Waals surface area contributed by atoms with Gasteiger partial charge in [-0.3, -0.25) is 0 Å². The molecule has 0 spiro atoms. The van der Waals surface area contributed by atoms with E-state index in [1.807, 2.05) is 23.7 Å². The smallest absolute Gasteiger partial charge is 0.236 e. The molecule has 3 heterocycles. The average Bonchev–Trinajstić information content (AvgIpc) is 3.20. The van der Waals surface area contributed by atoms with E-state index in [1.54, 1.807) is 22.3 Å². The Morgan fingerprint density at radius 1 is 1.48 bits per heavy atom. The quantitative estimate of drug-likeness (QED) is 0.757. The molecule has 1 atom stereocenters. The molecule has 0 bridgehead atoms. The predicted molar refractivity (Wildman–Crippen MR) is 80.8 cm³/mol. The number of rotatable bonds is 6. The minimum absolute atomic E-state index is 0.0530. The summed E-state index contributed by atoms with van der Waals surface area (Å²) in [7, 11) is 0. The molecule has 2 N–H and O–H groups in total. The molecule has 0 amide bonds.